The molecule has 0 aromatic heterocycles. The van der Waals surface area contributed by atoms with E-state index in [2.05, 4.69) is 5.43 Å². The summed E-state index contributed by atoms with van der Waals surface area (Å²) in [7, 11) is 0. The molecule has 0 aliphatic carbocycles. The minimum Gasteiger partial charge on any atom is -0.443 e. The zero-order valence-electron chi connectivity index (χ0n) is 14.5. The van der Waals surface area contributed by atoms with Crippen LogP contribution in [0.1, 0.15) is 33.3 Å². The molecule has 0 unspecified atom stereocenters. The van der Waals surface area contributed by atoms with Crippen LogP contribution < -0.4 is 11.2 Å². The Kier molecular flexibility index (Phi) is 7.48. The molecule has 1 rings (SSSR count). The molecule has 0 spiro atoms. The predicted octanol–water partition coefficient (Wildman–Crippen LogP) is 1.68. The Labute approximate surface area is 138 Å². The first-order valence-electron chi connectivity index (χ1n) is 7.93. The van der Waals surface area contributed by atoms with Crippen LogP contribution in [-0.4, -0.2) is 47.0 Å². The van der Waals surface area contributed by atoms with E-state index >= 15 is 0 Å². The molecule has 23 heavy (non-hydrogen) atoms. The van der Waals surface area contributed by atoms with Crippen LogP contribution in [0.2, 0.25) is 0 Å². The van der Waals surface area contributed by atoms with E-state index in [0.717, 1.165) is 5.56 Å². The number of likely N-dealkylation sites (N-methyl/N-ethyl adjacent to an activating group) is 1. The van der Waals surface area contributed by atoms with E-state index in [1.807, 2.05) is 37.3 Å². The smallest absolute Gasteiger partial charge is 0.422 e. The summed E-state index contributed by atoms with van der Waals surface area (Å²) in [6, 6.07) is 9.36. The van der Waals surface area contributed by atoms with Crippen LogP contribution in [0.4, 0.5) is 4.79 Å². The molecule has 6 nitrogen and oxygen atoms in total. The fourth-order valence-electron chi connectivity index (χ4n) is 2.07. The molecule has 4 N–H and O–H groups in total. The third-order valence-electron chi connectivity index (χ3n) is 3.25. The fourth-order valence-corrected chi connectivity index (χ4v) is 2.07. The van der Waals surface area contributed by atoms with Crippen molar-refractivity contribution in [1.29, 1.82) is 0 Å². The number of rotatable bonds is 7. The van der Waals surface area contributed by atoms with E-state index in [0.29, 0.717) is 13.0 Å². The third kappa shape index (κ3) is 7.97. The number of amides is 1. The summed E-state index contributed by atoms with van der Waals surface area (Å²) in [4.78, 5) is 11.8. The maximum absolute atomic E-state index is 11.8. The highest BCUT2D eigenvalue weighted by atomic mass is 16.6. The maximum Gasteiger partial charge on any atom is 0.422 e. The summed E-state index contributed by atoms with van der Waals surface area (Å²) in [5.41, 5.74) is 9.20. The zero-order chi connectivity index (χ0) is 17.5. The van der Waals surface area contributed by atoms with Gasteiger partial charge in [0.25, 0.3) is 0 Å². The van der Waals surface area contributed by atoms with Crippen LogP contribution in [0.5, 0.6) is 0 Å². The van der Waals surface area contributed by atoms with Crippen molar-refractivity contribution < 1.29 is 14.6 Å². The van der Waals surface area contributed by atoms with Gasteiger partial charge in [0, 0.05) is 19.1 Å². The summed E-state index contributed by atoms with van der Waals surface area (Å²) >= 11 is 0. The molecule has 0 saturated heterocycles. The van der Waals surface area contributed by atoms with Gasteiger partial charge in [-0.25, -0.2) is 9.80 Å². The lowest BCUT2D eigenvalue weighted by Crippen LogP contribution is -2.51. The number of nitrogens with one attached hydrogen (secondary N) is 1. The Morgan fingerprint density at radius 3 is 2.48 bits per heavy atom. The van der Waals surface area contributed by atoms with Crippen LogP contribution in [0, 0.1) is 0 Å². The van der Waals surface area contributed by atoms with Crippen molar-refractivity contribution in [3.05, 3.63) is 35.9 Å². The summed E-state index contributed by atoms with van der Waals surface area (Å²) in [6.07, 6.45) is -0.722. The second-order valence-electron chi connectivity index (χ2n) is 6.57. The number of hydrazine groups is 1. The molecule has 0 saturated carbocycles. The van der Waals surface area contributed by atoms with Gasteiger partial charge in [-0.3, -0.25) is 5.43 Å². The van der Waals surface area contributed by atoms with Crippen molar-refractivity contribution in [2.45, 2.75) is 51.9 Å². The number of hydrogen-bond acceptors (Lipinski definition) is 5. The van der Waals surface area contributed by atoms with Crippen LogP contribution in [0.15, 0.2) is 30.3 Å². The maximum atomic E-state index is 11.8. The minimum atomic E-state index is -0.759. The fraction of sp³-hybridized carbons (Fsp3) is 0.588. The highest BCUT2D eigenvalue weighted by Crippen LogP contribution is 2.08. The van der Waals surface area contributed by atoms with Crippen molar-refractivity contribution >= 4 is 6.09 Å². The van der Waals surface area contributed by atoms with E-state index in [4.69, 9.17) is 10.5 Å². The predicted molar refractivity (Wildman–Crippen MR) is 90.7 cm³/mol. The third-order valence-corrected chi connectivity index (χ3v) is 3.25. The van der Waals surface area contributed by atoms with Crippen molar-refractivity contribution in [2.75, 3.05) is 13.1 Å². The molecule has 0 bridgehead atoms. The number of nitrogens with zero attached hydrogens (tertiary/aromatic N) is 1. The number of carbonyl (C=O) groups excluding carboxylic acids is 1. The first kappa shape index (κ1) is 19.4. The monoisotopic (exact) mass is 323 g/mol. The second-order valence-corrected chi connectivity index (χ2v) is 6.57. The molecule has 1 amide bonds. The van der Waals surface area contributed by atoms with Gasteiger partial charge in [-0.1, -0.05) is 37.3 Å². The number of nitrogens with two attached hydrogens (primary N) is 1. The van der Waals surface area contributed by atoms with Gasteiger partial charge >= 0.3 is 6.09 Å². The normalized spacial score (nSPS) is 14.4. The molecule has 1 aromatic carbocycles. The van der Waals surface area contributed by atoms with E-state index in [1.165, 1.54) is 0 Å². The van der Waals surface area contributed by atoms with Gasteiger partial charge in [0.1, 0.15) is 5.60 Å². The topological polar surface area (TPSA) is 87.8 Å². The minimum absolute atomic E-state index is 0.240. The zero-order valence-corrected chi connectivity index (χ0v) is 14.5. The lowest BCUT2D eigenvalue weighted by atomic mass is 10.0. The molecular formula is C17H29N3O3. The number of aliphatic hydroxyl groups excluding tert-OH is 1. The molecule has 1 aromatic rings. The number of hydrogen-bond donors (Lipinski definition) is 3. The van der Waals surface area contributed by atoms with Gasteiger partial charge in [-0.05, 0) is 32.8 Å². The second kappa shape index (κ2) is 8.86. The lowest BCUT2D eigenvalue weighted by molar-refractivity contribution is 0.0209. The van der Waals surface area contributed by atoms with E-state index < -0.39 is 23.8 Å². The highest BCUT2D eigenvalue weighted by Gasteiger charge is 2.22. The lowest BCUT2D eigenvalue weighted by Gasteiger charge is -2.28. The first-order valence-corrected chi connectivity index (χ1v) is 7.93. The van der Waals surface area contributed by atoms with Crippen molar-refractivity contribution in [3.63, 3.8) is 0 Å². The van der Waals surface area contributed by atoms with E-state index in [1.54, 1.807) is 25.8 Å². The van der Waals surface area contributed by atoms with Crippen molar-refractivity contribution in [1.82, 2.24) is 10.4 Å². The van der Waals surface area contributed by atoms with Gasteiger partial charge in [0.05, 0.1) is 6.10 Å². The standard InChI is InChI=1S/C17H29N3O3/c1-5-20(19-16(22)23-17(2,3)4)12-15(21)14(18)11-13-9-7-6-8-10-13/h6-10,14-15,21H,5,11-12,18H2,1-4H3,(H,19,22)/t14-,15-/m0/s1. The Morgan fingerprint density at radius 1 is 1.35 bits per heavy atom. The molecule has 0 aliphatic rings. The Bertz CT molecular complexity index is 474. The summed E-state index contributed by atoms with van der Waals surface area (Å²) < 4.78 is 5.20. The number of ether oxygens (including phenoxy) is 1. The van der Waals surface area contributed by atoms with Gasteiger partial charge in [0.15, 0.2) is 0 Å². The molecule has 0 heterocycles. The van der Waals surface area contributed by atoms with E-state index in [-0.39, 0.29) is 6.54 Å². The Hall–Kier alpha value is -1.63. The Balaban J connectivity index is 2.49. The summed E-state index contributed by atoms with van der Waals surface area (Å²) in [6.45, 7) is 8.05. The SMILES string of the molecule is CCN(C[C@H](O)[C@@H](N)Cc1ccccc1)NC(=O)OC(C)(C)C. The highest BCUT2D eigenvalue weighted by molar-refractivity contribution is 5.67. The van der Waals surface area contributed by atoms with Gasteiger partial charge in [0.2, 0.25) is 0 Å². The van der Waals surface area contributed by atoms with Gasteiger partial charge in [-0.15, -0.1) is 0 Å². The molecular weight excluding hydrogens is 294 g/mol. The number of benzene rings is 1. The van der Waals surface area contributed by atoms with Crippen LogP contribution in [0.3, 0.4) is 0 Å². The molecule has 0 aliphatic heterocycles. The Morgan fingerprint density at radius 2 is 1.96 bits per heavy atom. The van der Waals surface area contributed by atoms with Crippen molar-refractivity contribution in [2.24, 2.45) is 5.73 Å². The van der Waals surface area contributed by atoms with Crippen LogP contribution in [-0.2, 0) is 11.2 Å². The molecule has 2 atom stereocenters. The molecule has 130 valence electrons. The summed E-state index contributed by atoms with van der Waals surface area (Å²) in [5, 5.41) is 11.9. The van der Waals surface area contributed by atoms with Crippen molar-refractivity contribution in [3.8, 4) is 0 Å². The van der Waals surface area contributed by atoms with Gasteiger partial charge in [-0.2, -0.15) is 0 Å². The molecule has 0 radical (unpaired) electrons. The first-order chi connectivity index (χ1) is 10.7. The van der Waals surface area contributed by atoms with Gasteiger partial charge < -0.3 is 15.6 Å². The average Bonchev–Trinajstić information content (AvgIpc) is 2.45. The largest absolute Gasteiger partial charge is 0.443 e. The number of carbonyl (C=O) groups is 1. The van der Waals surface area contributed by atoms with Crippen LogP contribution >= 0.6 is 0 Å². The quantitative estimate of drug-likeness (QED) is 0.665. The average molecular weight is 323 g/mol. The molecule has 6 heteroatoms. The summed E-state index contributed by atoms with van der Waals surface area (Å²) in [5.74, 6) is 0. The van der Waals surface area contributed by atoms with Crippen LogP contribution in [0.25, 0.3) is 0 Å². The number of aliphatic hydroxyl groups is 1. The molecule has 0 fully saturated rings. The van der Waals surface area contributed by atoms with E-state index in [9.17, 15) is 9.90 Å².